The molecular weight excluding hydrogens is 304 g/mol. The van der Waals surface area contributed by atoms with Crippen molar-refractivity contribution in [3.05, 3.63) is 35.9 Å². The van der Waals surface area contributed by atoms with E-state index in [4.69, 9.17) is 5.73 Å². The zero-order valence-electron chi connectivity index (χ0n) is 13.1. The van der Waals surface area contributed by atoms with E-state index in [1.165, 1.54) is 5.56 Å². The molecule has 1 aromatic carbocycles. The van der Waals surface area contributed by atoms with E-state index in [9.17, 15) is 4.79 Å². The molecule has 1 amide bonds. The van der Waals surface area contributed by atoms with Crippen molar-refractivity contribution < 1.29 is 4.79 Å². The Morgan fingerprint density at radius 2 is 1.86 bits per heavy atom. The second-order valence-corrected chi connectivity index (χ2v) is 6.45. The van der Waals surface area contributed by atoms with Gasteiger partial charge in [0.1, 0.15) is 0 Å². The molecule has 1 rings (SSSR count). The highest BCUT2D eigenvalue weighted by Crippen LogP contribution is 2.20. The Bertz CT molecular complexity index is 402. The number of halogens is 1. The van der Waals surface area contributed by atoms with Gasteiger partial charge in [0.25, 0.3) is 0 Å². The predicted molar refractivity (Wildman–Crippen MR) is 95.0 cm³/mol. The molecule has 0 heterocycles. The van der Waals surface area contributed by atoms with Crippen LogP contribution in [0.2, 0.25) is 0 Å². The molecule has 0 aliphatic rings. The number of nitrogens with two attached hydrogens (primary N) is 1. The lowest BCUT2D eigenvalue weighted by Gasteiger charge is -2.32. The number of carbonyl (C=O) groups excluding carboxylic acids is 1. The molecule has 3 N–H and O–H groups in total. The fraction of sp³-hybridized carbons (Fsp3) is 0.562. The number of rotatable bonds is 8. The molecule has 0 aromatic heterocycles. The van der Waals surface area contributed by atoms with Gasteiger partial charge in [0, 0.05) is 12.3 Å². The van der Waals surface area contributed by atoms with Crippen LogP contribution in [0.5, 0.6) is 0 Å². The van der Waals surface area contributed by atoms with Crippen LogP contribution in [-0.4, -0.2) is 23.2 Å². The third-order valence-electron chi connectivity index (χ3n) is 3.84. The highest BCUT2D eigenvalue weighted by molar-refractivity contribution is 7.99. The van der Waals surface area contributed by atoms with Crippen molar-refractivity contribution in [3.8, 4) is 0 Å². The van der Waals surface area contributed by atoms with E-state index >= 15 is 0 Å². The van der Waals surface area contributed by atoms with Gasteiger partial charge in [-0.25, -0.2) is 0 Å². The van der Waals surface area contributed by atoms with Crippen molar-refractivity contribution in [2.24, 2.45) is 5.73 Å². The van der Waals surface area contributed by atoms with Gasteiger partial charge >= 0.3 is 0 Å². The number of amides is 1. The third-order valence-corrected chi connectivity index (χ3v) is 5.06. The van der Waals surface area contributed by atoms with Gasteiger partial charge in [0.2, 0.25) is 5.91 Å². The van der Waals surface area contributed by atoms with Crippen LogP contribution >= 0.6 is 24.2 Å². The Kier molecular flexibility index (Phi) is 9.75. The lowest BCUT2D eigenvalue weighted by atomic mass is 9.93. The number of hydrogen-bond donors (Lipinski definition) is 2. The van der Waals surface area contributed by atoms with Crippen LogP contribution in [0.3, 0.4) is 0 Å². The summed E-state index contributed by atoms with van der Waals surface area (Å²) in [5.74, 6) is 0.934. The summed E-state index contributed by atoms with van der Waals surface area (Å²) in [6.07, 6.45) is 1.73. The first kappa shape index (κ1) is 20.3. The van der Waals surface area contributed by atoms with Crippen LogP contribution in [0, 0.1) is 0 Å². The molecule has 5 heteroatoms. The molecule has 0 aliphatic heterocycles. The van der Waals surface area contributed by atoms with Crippen molar-refractivity contribution in [3.63, 3.8) is 0 Å². The van der Waals surface area contributed by atoms with E-state index in [-0.39, 0.29) is 29.1 Å². The van der Waals surface area contributed by atoms with E-state index in [1.807, 2.05) is 25.1 Å². The van der Waals surface area contributed by atoms with Gasteiger partial charge in [-0.2, -0.15) is 0 Å². The quantitative estimate of drug-likeness (QED) is 0.768. The average Bonchev–Trinajstić information content (AvgIpc) is 2.51. The van der Waals surface area contributed by atoms with Gasteiger partial charge in [-0.1, -0.05) is 44.2 Å². The van der Waals surface area contributed by atoms with Crippen molar-refractivity contribution in [1.82, 2.24) is 5.32 Å². The number of benzene rings is 1. The molecule has 0 saturated heterocycles. The topological polar surface area (TPSA) is 55.1 Å². The minimum atomic E-state index is -0.251. The molecule has 0 fully saturated rings. The molecule has 1 aromatic rings. The van der Waals surface area contributed by atoms with Crippen LogP contribution in [0.4, 0.5) is 0 Å². The Hall–Kier alpha value is -0.710. The van der Waals surface area contributed by atoms with E-state index in [0.717, 1.165) is 18.6 Å². The molecule has 0 saturated carbocycles. The van der Waals surface area contributed by atoms with Crippen LogP contribution in [0.1, 0.15) is 39.2 Å². The second-order valence-electron chi connectivity index (χ2n) is 5.12. The fourth-order valence-electron chi connectivity index (χ4n) is 2.00. The maximum absolute atomic E-state index is 12.3. The van der Waals surface area contributed by atoms with Crippen LogP contribution in [-0.2, 0) is 10.5 Å². The number of carbonyl (C=O) groups is 1. The number of hydrogen-bond acceptors (Lipinski definition) is 3. The first-order valence-corrected chi connectivity index (χ1v) is 8.29. The molecule has 21 heavy (non-hydrogen) atoms. The Morgan fingerprint density at radius 3 is 2.33 bits per heavy atom. The molecule has 0 spiro atoms. The zero-order chi connectivity index (χ0) is 15.0. The monoisotopic (exact) mass is 330 g/mol. The molecule has 3 nitrogen and oxygen atoms in total. The fourth-order valence-corrected chi connectivity index (χ4v) is 2.85. The molecular formula is C16H27ClN2OS. The van der Waals surface area contributed by atoms with Gasteiger partial charge in [-0.05, 0) is 25.3 Å². The van der Waals surface area contributed by atoms with E-state index in [1.54, 1.807) is 11.8 Å². The molecule has 0 radical (unpaired) electrons. The summed E-state index contributed by atoms with van der Waals surface area (Å²) in [5, 5.41) is 3.06. The Labute approximate surface area is 138 Å². The van der Waals surface area contributed by atoms with Crippen molar-refractivity contribution >= 4 is 30.1 Å². The van der Waals surface area contributed by atoms with E-state index in [0.29, 0.717) is 6.54 Å². The third kappa shape index (κ3) is 6.29. The SMILES string of the molecule is CCC(CC)(CN)NC(=O)C(C)SCc1ccccc1.Cl. The summed E-state index contributed by atoms with van der Waals surface area (Å²) in [4.78, 5) is 12.3. The van der Waals surface area contributed by atoms with E-state index < -0.39 is 0 Å². The summed E-state index contributed by atoms with van der Waals surface area (Å²) in [6.45, 7) is 6.58. The van der Waals surface area contributed by atoms with E-state index in [2.05, 4.69) is 31.3 Å². The highest BCUT2D eigenvalue weighted by atomic mass is 35.5. The Morgan fingerprint density at radius 1 is 1.29 bits per heavy atom. The first-order chi connectivity index (χ1) is 9.56. The van der Waals surface area contributed by atoms with Crippen molar-refractivity contribution in [1.29, 1.82) is 0 Å². The number of thioether (sulfide) groups is 1. The Balaban J connectivity index is 0.00000400. The molecule has 0 bridgehead atoms. The number of nitrogens with one attached hydrogen (secondary N) is 1. The largest absolute Gasteiger partial charge is 0.348 e. The summed E-state index contributed by atoms with van der Waals surface area (Å²) in [7, 11) is 0. The lowest BCUT2D eigenvalue weighted by Crippen LogP contribution is -2.54. The second kappa shape index (κ2) is 10.1. The minimum absolute atomic E-state index is 0. The average molecular weight is 331 g/mol. The zero-order valence-corrected chi connectivity index (χ0v) is 14.7. The van der Waals surface area contributed by atoms with Crippen molar-refractivity contribution in [2.45, 2.75) is 50.2 Å². The lowest BCUT2D eigenvalue weighted by molar-refractivity contribution is -0.122. The normalized spacial score (nSPS) is 12.4. The summed E-state index contributed by atoms with van der Waals surface area (Å²) >= 11 is 1.66. The predicted octanol–water partition coefficient (Wildman–Crippen LogP) is 3.36. The van der Waals surface area contributed by atoms with Crippen LogP contribution in [0.15, 0.2) is 30.3 Å². The summed E-state index contributed by atoms with van der Waals surface area (Å²) < 4.78 is 0. The minimum Gasteiger partial charge on any atom is -0.348 e. The van der Waals surface area contributed by atoms with Gasteiger partial charge in [-0.15, -0.1) is 24.2 Å². The van der Waals surface area contributed by atoms with Gasteiger partial charge in [0.15, 0.2) is 0 Å². The summed E-state index contributed by atoms with van der Waals surface area (Å²) in [6, 6.07) is 10.2. The van der Waals surface area contributed by atoms with Gasteiger partial charge in [-0.3, -0.25) is 4.79 Å². The van der Waals surface area contributed by atoms with Gasteiger partial charge < -0.3 is 11.1 Å². The van der Waals surface area contributed by atoms with Crippen LogP contribution < -0.4 is 11.1 Å². The highest BCUT2D eigenvalue weighted by Gasteiger charge is 2.28. The van der Waals surface area contributed by atoms with Crippen LogP contribution in [0.25, 0.3) is 0 Å². The maximum Gasteiger partial charge on any atom is 0.233 e. The smallest absolute Gasteiger partial charge is 0.233 e. The molecule has 1 atom stereocenters. The molecule has 1 unspecified atom stereocenters. The van der Waals surface area contributed by atoms with Crippen molar-refractivity contribution in [2.75, 3.05) is 6.54 Å². The maximum atomic E-state index is 12.3. The molecule has 0 aliphatic carbocycles. The molecule has 120 valence electrons. The summed E-state index contributed by atoms with van der Waals surface area (Å²) in [5.41, 5.74) is 6.81. The standard InChI is InChI=1S/C16H26N2OS.ClH/c1-4-16(5-2,12-17)18-15(19)13(3)20-11-14-9-7-6-8-10-14;/h6-10,13H,4-5,11-12,17H2,1-3H3,(H,18,19);1H. The van der Waals surface area contributed by atoms with Gasteiger partial charge in [0.05, 0.1) is 10.8 Å². The first-order valence-electron chi connectivity index (χ1n) is 7.24.